The Hall–Kier alpha value is -0.690. The zero-order valence-electron chi connectivity index (χ0n) is 7.55. The Kier molecular flexibility index (Phi) is 1.78. The Morgan fingerprint density at radius 1 is 1.57 bits per heavy atom. The first-order valence-corrected chi connectivity index (χ1v) is 4.74. The number of carbonyl (C=O) groups excluding carboxylic acids is 1. The predicted molar refractivity (Wildman–Crippen MR) is 43.9 cm³/mol. The van der Waals surface area contributed by atoms with Gasteiger partial charge in [0, 0.05) is 6.42 Å². The summed E-state index contributed by atoms with van der Waals surface area (Å²) in [5.74, 6) is -0.0570. The van der Waals surface area contributed by atoms with Crippen molar-refractivity contribution in [2.45, 2.75) is 31.2 Å². The highest BCUT2D eigenvalue weighted by Crippen LogP contribution is 2.29. The van der Waals surface area contributed by atoms with Crippen LogP contribution in [0.25, 0.3) is 0 Å². The molecule has 14 heavy (non-hydrogen) atoms. The molecule has 0 spiro atoms. The minimum absolute atomic E-state index is 0.0570. The topological polar surface area (TPSA) is 71.0 Å². The van der Waals surface area contributed by atoms with Crippen LogP contribution in [0.4, 0.5) is 0 Å². The number of nitrogens with zero attached hydrogens (tertiary/aromatic N) is 1. The van der Waals surface area contributed by atoms with Gasteiger partial charge in [0.1, 0.15) is 12.3 Å². The largest absolute Gasteiger partial charge is 0.390 e. The van der Waals surface area contributed by atoms with Gasteiger partial charge in [-0.3, -0.25) is 4.79 Å². The molecule has 3 aliphatic rings. The third-order valence-corrected chi connectivity index (χ3v) is 2.90. The molecule has 3 heterocycles. The molecule has 1 amide bonds. The molecule has 0 aliphatic carbocycles. The monoisotopic (exact) mass is 200 g/mol. The number of hydrogen-bond donors (Lipinski definition) is 2. The first-order valence-electron chi connectivity index (χ1n) is 4.74. The number of carbonyl (C=O) groups is 1. The number of hydrogen-bond acceptors (Lipinski definition) is 5. The van der Waals surface area contributed by atoms with E-state index in [1.807, 2.05) is 0 Å². The number of ether oxygens (including phenoxy) is 2. The number of aliphatic hydroxyl groups is 1. The first-order chi connectivity index (χ1) is 6.74. The summed E-state index contributed by atoms with van der Waals surface area (Å²) in [5.41, 5.74) is 0. The van der Waals surface area contributed by atoms with Gasteiger partial charge in [-0.15, -0.1) is 0 Å². The van der Waals surface area contributed by atoms with Gasteiger partial charge in [-0.2, -0.15) is 0 Å². The third-order valence-electron chi connectivity index (χ3n) is 2.90. The van der Waals surface area contributed by atoms with Crippen LogP contribution in [0, 0.1) is 0 Å². The lowest BCUT2D eigenvalue weighted by Crippen LogP contribution is -2.44. The molecule has 0 saturated carbocycles. The maximum Gasteiger partial charge on any atom is 0.237 e. The lowest BCUT2D eigenvalue weighted by Gasteiger charge is -2.25. The van der Waals surface area contributed by atoms with Gasteiger partial charge in [-0.1, -0.05) is 0 Å². The zero-order chi connectivity index (χ0) is 9.71. The van der Waals surface area contributed by atoms with Crippen LogP contribution in [-0.4, -0.2) is 53.9 Å². The van der Waals surface area contributed by atoms with Gasteiger partial charge < -0.3 is 19.9 Å². The van der Waals surface area contributed by atoms with E-state index in [1.54, 1.807) is 4.90 Å². The number of rotatable bonds is 0. The van der Waals surface area contributed by atoms with Crippen LogP contribution in [-0.2, 0) is 14.3 Å². The van der Waals surface area contributed by atoms with Crippen LogP contribution in [0.1, 0.15) is 6.42 Å². The normalized spacial score (nSPS) is 47.4. The molecule has 3 fully saturated rings. The van der Waals surface area contributed by atoms with Gasteiger partial charge in [0.25, 0.3) is 0 Å². The Morgan fingerprint density at radius 3 is 3.29 bits per heavy atom. The summed E-state index contributed by atoms with van der Waals surface area (Å²) in [6.45, 7) is 0.619. The van der Waals surface area contributed by atoms with Gasteiger partial charge in [0.2, 0.25) is 5.91 Å². The average Bonchev–Trinajstić information content (AvgIpc) is 2.62. The van der Waals surface area contributed by atoms with Gasteiger partial charge in [0.15, 0.2) is 6.35 Å². The summed E-state index contributed by atoms with van der Waals surface area (Å²) in [6, 6.07) is 0. The minimum atomic E-state index is -0.475. The maximum atomic E-state index is 11.1. The smallest absolute Gasteiger partial charge is 0.237 e. The van der Waals surface area contributed by atoms with Crippen LogP contribution >= 0.6 is 0 Å². The van der Waals surface area contributed by atoms with E-state index in [1.165, 1.54) is 0 Å². The highest BCUT2D eigenvalue weighted by molar-refractivity contribution is 5.80. The molecule has 0 aromatic heterocycles. The Balaban J connectivity index is 1.83. The summed E-state index contributed by atoms with van der Waals surface area (Å²) < 4.78 is 11.0. The van der Waals surface area contributed by atoms with Crippen molar-refractivity contribution in [1.82, 2.24) is 10.2 Å². The SMILES string of the molecule is O=C1CN2C(N1)OC[C@@H]1O[C@H]2C[C@@H]1O. The van der Waals surface area contributed by atoms with E-state index in [2.05, 4.69) is 5.32 Å². The number of amides is 1. The van der Waals surface area contributed by atoms with Crippen molar-refractivity contribution in [3.05, 3.63) is 0 Å². The van der Waals surface area contributed by atoms with Crippen molar-refractivity contribution in [2.75, 3.05) is 13.2 Å². The maximum absolute atomic E-state index is 11.1. The molecule has 0 radical (unpaired) electrons. The molecule has 6 heteroatoms. The van der Waals surface area contributed by atoms with Crippen molar-refractivity contribution in [1.29, 1.82) is 0 Å². The quantitative estimate of drug-likeness (QED) is 0.483. The molecule has 6 nitrogen and oxygen atoms in total. The van der Waals surface area contributed by atoms with Crippen molar-refractivity contribution >= 4 is 5.91 Å². The minimum Gasteiger partial charge on any atom is -0.390 e. The molecule has 4 atom stereocenters. The fraction of sp³-hybridized carbons (Fsp3) is 0.875. The third kappa shape index (κ3) is 1.15. The molecule has 3 rings (SSSR count). The second-order valence-electron chi connectivity index (χ2n) is 3.86. The molecule has 0 aromatic carbocycles. The molecule has 0 aromatic rings. The number of aliphatic hydroxyl groups excluding tert-OH is 1. The molecule has 1 unspecified atom stereocenters. The van der Waals surface area contributed by atoms with Crippen molar-refractivity contribution in [3.8, 4) is 0 Å². The van der Waals surface area contributed by atoms with Gasteiger partial charge in [0.05, 0.1) is 19.3 Å². The van der Waals surface area contributed by atoms with E-state index < -0.39 is 6.10 Å². The number of nitrogens with one attached hydrogen (secondary N) is 1. The van der Waals surface area contributed by atoms with E-state index >= 15 is 0 Å². The summed E-state index contributed by atoms with van der Waals surface area (Å²) in [7, 11) is 0. The second-order valence-corrected chi connectivity index (χ2v) is 3.86. The Labute approximate surface area is 80.8 Å². The standard InChI is InChI=1S/C8H12N2O4/c11-4-1-7-10-2-6(12)9-8(10)13-3-5(4)14-7/h4-5,7-8,11H,1-3H2,(H,9,12)/t4-,5-,7-,8?/m0/s1. The number of fused-ring (bicyclic) bond motifs is 4. The molecule has 3 aliphatic heterocycles. The Morgan fingerprint density at radius 2 is 2.43 bits per heavy atom. The van der Waals surface area contributed by atoms with E-state index in [0.717, 1.165) is 0 Å². The van der Waals surface area contributed by atoms with Crippen LogP contribution in [0.15, 0.2) is 0 Å². The molecule has 2 N–H and O–H groups in total. The van der Waals surface area contributed by atoms with Gasteiger partial charge in [-0.25, -0.2) is 4.90 Å². The summed E-state index contributed by atoms with van der Waals surface area (Å²) in [4.78, 5) is 12.9. The van der Waals surface area contributed by atoms with E-state index in [4.69, 9.17) is 9.47 Å². The molecular weight excluding hydrogens is 188 g/mol. The second kappa shape index (κ2) is 2.90. The van der Waals surface area contributed by atoms with Gasteiger partial charge in [-0.05, 0) is 0 Å². The lowest BCUT2D eigenvalue weighted by atomic mass is 10.2. The van der Waals surface area contributed by atoms with Crippen LogP contribution in [0.2, 0.25) is 0 Å². The molecule has 2 bridgehead atoms. The van der Waals surface area contributed by atoms with Gasteiger partial charge >= 0.3 is 0 Å². The summed E-state index contributed by atoms with van der Waals surface area (Å²) >= 11 is 0. The first kappa shape index (κ1) is 8.60. The molecule has 78 valence electrons. The fourth-order valence-corrected chi connectivity index (χ4v) is 2.16. The lowest BCUT2D eigenvalue weighted by molar-refractivity contribution is -0.120. The van der Waals surface area contributed by atoms with Crippen molar-refractivity contribution < 1.29 is 19.4 Å². The van der Waals surface area contributed by atoms with Crippen LogP contribution < -0.4 is 5.32 Å². The average molecular weight is 200 g/mol. The predicted octanol–water partition coefficient (Wildman–Crippen LogP) is -1.79. The van der Waals surface area contributed by atoms with E-state index in [-0.39, 0.29) is 31.1 Å². The summed E-state index contributed by atoms with van der Waals surface area (Å²) in [6.07, 6.45) is -0.731. The molecular formula is C8H12N2O4. The van der Waals surface area contributed by atoms with E-state index in [0.29, 0.717) is 13.0 Å². The Bertz CT molecular complexity index is 272. The highest BCUT2D eigenvalue weighted by atomic mass is 16.6. The molecule has 3 saturated heterocycles. The van der Waals surface area contributed by atoms with Crippen molar-refractivity contribution in [2.24, 2.45) is 0 Å². The van der Waals surface area contributed by atoms with Crippen molar-refractivity contribution in [3.63, 3.8) is 0 Å². The summed E-state index contributed by atoms with van der Waals surface area (Å²) in [5, 5.41) is 12.3. The van der Waals surface area contributed by atoms with E-state index in [9.17, 15) is 9.90 Å². The fourth-order valence-electron chi connectivity index (χ4n) is 2.16. The zero-order valence-corrected chi connectivity index (χ0v) is 7.55. The highest BCUT2D eigenvalue weighted by Gasteiger charge is 2.46. The van der Waals surface area contributed by atoms with Crippen LogP contribution in [0.3, 0.4) is 0 Å². The van der Waals surface area contributed by atoms with Crippen LogP contribution in [0.5, 0.6) is 0 Å².